The molecule has 44 heavy (non-hydrogen) atoms. The molecule has 6 nitrogen and oxygen atoms in total. The Labute approximate surface area is 277 Å². The minimum Gasteiger partial charge on any atom is -0.350 e. The molecule has 7 heteroatoms. The highest BCUT2D eigenvalue weighted by molar-refractivity contribution is 14.1. The van der Waals surface area contributed by atoms with Crippen molar-refractivity contribution in [1.29, 1.82) is 0 Å². The van der Waals surface area contributed by atoms with E-state index in [1.807, 2.05) is 30.3 Å². The molecule has 234 valence electrons. The number of alkyl halides is 1. The maximum absolute atomic E-state index is 14.0. The molecule has 0 aromatic heterocycles. The van der Waals surface area contributed by atoms with Crippen LogP contribution in [0.1, 0.15) is 72.9 Å². The standard InChI is InChI=1S/C37H47IN4O2/c1-2-29(30-11-5-3-6-12-30)27-42-24-19-32(40-35(37(42)44)20-23-41-21-9-4-10-22-41)26-39-36(43)34-14-8-7-13-33(34)31-17-15-28(25-38)16-18-31/h3,5-8,11-18,29,32,35,40H,2,4,9-10,19-27H2,1H3,(H,39,43)/t29-,32+,35+/m1/s1. The van der Waals surface area contributed by atoms with Crippen molar-refractivity contribution in [3.8, 4) is 11.1 Å². The first kappa shape index (κ1) is 32.6. The fourth-order valence-corrected chi connectivity index (χ4v) is 7.11. The average molecular weight is 707 g/mol. The highest BCUT2D eigenvalue weighted by atomic mass is 127. The first-order chi connectivity index (χ1) is 21.6. The molecule has 2 aliphatic rings. The second-order valence-electron chi connectivity index (χ2n) is 12.3. The predicted octanol–water partition coefficient (Wildman–Crippen LogP) is 6.65. The first-order valence-electron chi connectivity index (χ1n) is 16.4. The molecule has 5 rings (SSSR count). The maximum Gasteiger partial charge on any atom is 0.251 e. The first-order valence-corrected chi connectivity index (χ1v) is 17.9. The zero-order chi connectivity index (χ0) is 30.7. The molecule has 0 unspecified atom stereocenters. The Kier molecular flexibility index (Phi) is 12.3. The molecule has 2 fully saturated rings. The van der Waals surface area contributed by atoms with E-state index in [2.05, 4.69) is 98.5 Å². The van der Waals surface area contributed by atoms with E-state index in [0.29, 0.717) is 24.6 Å². The summed E-state index contributed by atoms with van der Waals surface area (Å²) in [4.78, 5) is 32.2. The van der Waals surface area contributed by atoms with Crippen LogP contribution in [0.15, 0.2) is 78.9 Å². The monoisotopic (exact) mass is 706 g/mol. The number of carbonyl (C=O) groups is 2. The van der Waals surface area contributed by atoms with Crippen LogP contribution < -0.4 is 10.6 Å². The molecule has 0 radical (unpaired) electrons. The van der Waals surface area contributed by atoms with Crippen molar-refractivity contribution in [3.63, 3.8) is 0 Å². The highest BCUT2D eigenvalue weighted by Gasteiger charge is 2.32. The number of rotatable bonds is 12. The van der Waals surface area contributed by atoms with Gasteiger partial charge in [-0.05, 0) is 73.5 Å². The van der Waals surface area contributed by atoms with Crippen molar-refractivity contribution in [1.82, 2.24) is 20.4 Å². The zero-order valence-corrected chi connectivity index (χ0v) is 28.2. The van der Waals surface area contributed by atoms with E-state index < -0.39 is 0 Å². The molecule has 2 saturated heterocycles. The molecule has 0 aliphatic carbocycles. The van der Waals surface area contributed by atoms with Crippen LogP contribution in [0, 0.1) is 0 Å². The van der Waals surface area contributed by atoms with Gasteiger partial charge in [-0.3, -0.25) is 9.59 Å². The lowest BCUT2D eigenvalue weighted by Crippen LogP contribution is -2.50. The predicted molar refractivity (Wildman–Crippen MR) is 188 cm³/mol. The van der Waals surface area contributed by atoms with Gasteiger partial charge in [0.2, 0.25) is 5.91 Å². The normalized spacial score (nSPS) is 20.2. The maximum atomic E-state index is 14.0. The highest BCUT2D eigenvalue weighted by Crippen LogP contribution is 2.26. The molecule has 3 aromatic rings. The molecule has 2 amide bonds. The van der Waals surface area contributed by atoms with Gasteiger partial charge in [-0.2, -0.15) is 0 Å². The summed E-state index contributed by atoms with van der Waals surface area (Å²) in [6.45, 7) is 7.28. The quantitative estimate of drug-likeness (QED) is 0.164. The van der Waals surface area contributed by atoms with Crippen LogP contribution in [0.5, 0.6) is 0 Å². The molecule has 3 aromatic carbocycles. The van der Waals surface area contributed by atoms with Crippen LogP contribution in [-0.4, -0.2) is 73.0 Å². The van der Waals surface area contributed by atoms with Crippen molar-refractivity contribution in [3.05, 3.63) is 95.6 Å². The summed E-state index contributed by atoms with van der Waals surface area (Å²) >= 11 is 2.37. The minimum atomic E-state index is -0.252. The molecule has 0 saturated carbocycles. The van der Waals surface area contributed by atoms with Crippen molar-refractivity contribution in [2.45, 2.75) is 67.9 Å². The smallest absolute Gasteiger partial charge is 0.251 e. The van der Waals surface area contributed by atoms with Gasteiger partial charge in [0, 0.05) is 48.1 Å². The number of piperidine rings is 1. The Morgan fingerprint density at radius 2 is 1.68 bits per heavy atom. The van der Waals surface area contributed by atoms with Gasteiger partial charge in [0.05, 0.1) is 6.04 Å². The van der Waals surface area contributed by atoms with Crippen LogP contribution in [0.25, 0.3) is 11.1 Å². The number of hydrogen-bond donors (Lipinski definition) is 2. The summed E-state index contributed by atoms with van der Waals surface area (Å²) in [6.07, 6.45) is 6.36. The van der Waals surface area contributed by atoms with Gasteiger partial charge in [0.25, 0.3) is 5.91 Å². The van der Waals surface area contributed by atoms with Gasteiger partial charge in [-0.15, -0.1) is 0 Å². The number of likely N-dealkylation sites (tertiary alicyclic amines) is 1. The number of carbonyl (C=O) groups excluding carboxylic acids is 2. The van der Waals surface area contributed by atoms with E-state index in [4.69, 9.17) is 0 Å². The number of nitrogens with zero attached hydrogens (tertiary/aromatic N) is 2. The second-order valence-corrected chi connectivity index (χ2v) is 13.0. The van der Waals surface area contributed by atoms with Crippen molar-refractivity contribution >= 4 is 34.4 Å². The van der Waals surface area contributed by atoms with Crippen molar-refractivity contribution in [2.24, 2.45) is 0 Å². The summed E-state index contributed by atoms with van der Waals surface area (Å²) in [5, 5.41) is 6.92. The number of hydrogen-bond acceptors (Lipinski definition) is 4. The van der Waals surface area contributed by atoms with Gasteiger partial charge in [0.1, 0.15) is 0 Å². The number of halogens is 1. The SMILES string of the molecule is CC[C@H](CN1CC[C@@H](CNC(=O)c2ccccc2-c2ccc(CI)cc2)N[C@@H](CCN2CCCCC2)C1=O)c1ccccc1. The van der Waals surface area contributed by atoms with Gasteiger partial charge >= 0.3 is 0 Å². The van der Waals surface area contributed by atoms with E-state index in [0.717, 1.165) is 61.0 Å². The third-order valence-electron chi connectivity index (χ3n) is 9.28. The van der Waals surface area contributed by atoms with Crippen LogP contribution in [0.4, 0.5) is 0 Å². The summed E-state index contributed by atoms with van der Waals surface area (Å²) in [6, 6.07) is 26.6. The molecule has 2 N–H and O–H groups in total. The van der Waals surface area contributed by atoms with Crippen LogP contribution in [0.3, 0.4) is 0 Å². The third-order valence-corrected chi connectivity index (χ3v) is 10.2. The van der Waals surface area contributed by atoms with Gasteiger partial charge in [0.15, 0.2) is 0 Å². The summed E-state index contributed by atoms with van der Waals surface area (Å²) in [5.41, 5.74) is 5.21. The average Bonchev–Trinajstić information content (AvgIpc) is 3.23. The molecular weight excluding hydrogens is 659 g/mol. The Hall–Kier alpha value is -2.75. The molecular formula is C37H47IN4O2. The van der Waals surface area contributed by atoms with Crippen molar-refractivity contribution in [2.75, 3.05) is 39.3 Å². The second kappa shape index (κ2) is 16.5. The topological polar surface area (TPSA) is 64.7 Å². The molecule has 2 heterocycles. The van der Waals surface area contributed by atoms with Gasteiger partial charge in [-0.25, -0.2) is 0 Å². The van der Waals surface area contributed by atoms with E-state index in [-0.39, 0.29) is 23.9 Å². The van der Waals surface area contributed by atoms with Gasteiger partial charge < -0.3 is 20.4 Å². The molecule has 0 spiro atoms. The summed E-state index contributed by atoms with van der Waals surface area (Å²) < 4.78 is 0.957. The number of amides is 2. The fraction of sp³-hybridized carbons (Fsp3) is 0.459. The van der Waals surface area contributed by atoms with Crippen LogP contribution >= 0.6 is 22.6 Å². The van der Waals surface area contributed by atoms with E-state index >= 15 is 0 Å². The summed E-state index contributed by atoms with van der Waals surface area (Å²) in [7, 11) is 0. The van der Waals surface area contributed by atoms with E-state index in [9.17, 15) is 9.59 Å². The number of nitrogens with one attached hydrogen (secondary N) is 2. The molecule has 2 aliphatic heterocycles. The van der Waals surface area contributed by atoms with Crippen molar-refractivity contribution < 1.29 is 9.59 Å². The van der Waals surface area contributed by atoms with Crippen LogP contribution in [0.2, 0.25) is 0 Å². The zero-order valence-electron chi connectivity index (χ0n) is 26.0. The number of benzene rings is 3. The minimum absolute atomic E-state index is 0.0196. The summed E-state index contributed by atoms with van der Waals surface area (Å²) in [5.74, 6) is 0.430. The lowest BCUT2D eigenvalue weighted by molar-refractivity contribution is -0.133. The van der Waals surface area contributed by atoms with Crippen LogP contribution in [-0.2, 0) is 9.22 Å². The molecule has 0 bridgehead atoms. The Morgan fingerprint density at radius 3 is 2.41 bits per heavy atom. The van der Waals surface area contributed by atoms with Gasteiger partial charge in [-0.1, -0.05) is 109 Å². The van der Waals surface area contributed by atoms with E-state index in [1.165, 1.54) is 30.4 Å². The lowest BCUT2D eigenvalue weighted by Gasteiger charge is -2.31. The van der Waals surface area contributed by atoms with E-state index in [1.54, 1.807) is 0 Å². The Balaban J connectivity index is 1.27. The largest absolute Gasteiger partial charge is 0.350 e. The lowest BCUT2D eigenvalue weighted by atomic mass is 9.95. The third kappa shape index (κ3) is 8.70. The Morgan fingerprint density at radius 1 is 0.955 bits per heavy atom. The Bertz CT molecular complexity index is 1340. The fourth-order valence-electron chi connectivity index (χ4n) is 6.60. The molecule has 3 atom stereocenters.